The van der Waals surface area contributed by atoms with Gasteiger partial charge in [-0.25, -0.2) is 0 Å². The van der Waals surface area contributed by atoms with Crippen molar-refractivity contribution in [3.8, 4) is 0 Å². The Kier molecular flexibility index (Phi) is 4.83. The number of nitrogens with zero attached hydrogens (tertiary/aromatic N) is 1. The number of rotatable bonds is 5. The number of carbonyl (C=O) groups excluding carboxylic acids is 1. The SMILES string of the molecule is CCSC1CCCC1NC(=O)C1(C(N)=NO)CC(C)C1. The summed E-state index contributed by atoms with van der Waals surface area (Å²) in [5.41, 5.74) is 5.00. The molecule has 0 saturated heterocycles. The zero-order chi connectivity index (χ0) is 14.8. The quantitative estimate of drug-likeness (QED) is 0.313. The van der Waals surface area contributed by atoms with Crippen molar-refractivity contribution in [3.63, 3.8) is 0 Å². The van der Waals surface area contributed by atoms with Gasteiger partial charge in [0.05, 0.1) is 0 Å². The molecular formula is C14H25N3O2S. The highest BCUT2D eigenvalue weighted by Crippen LogP contribution is 2.46. The van der Waals surface area contributed by atoms with Gasteiger partial charge in [0.2, 0.25) is 5.91 Å². The fourth-order valence-corrected chi connectivity index (χ4v) is 4.75. The molecule has 1 amide bonds. The van der Waals surface area contributed by atoms with E-state index in [0.717, 1.165) is 25.0 Å². The Morgan fingerprint density at radius 3 is 2.75 bits per heavy atom. The van der Waals surface area contributed by atoms with Gasteiger partial charge in [-0.15, -0.1) is 0 Å². The molecule has 0 spiro atoms. The van der Waals surface area contributed by atoms with Crippen LogP contribution in [0.5, 0.6) is 0 Å². The molecule has 114 valence electrons. The fraction of sp³-hybridized carbons (Fsp3) is 0.857. The molecule has 5 nitrogen and oxygen atoms in total. The second kappa shape index (κ2) is 6.24. The van der Waals surface area contributed by atoms with E-state index in [9.17, 15) is 4.79 Å². The van der Waals surface area contributed by atoms with Crippen molar-refractivity contribution in [3.05, 3.63) is 0 Å². The van der Waals surface area contributed by atoms with Crippen LogP contribution < -0.4 is 11.1 Å². The van der Waals surface area contributed by atoms with E-state index in [2.05, 4.69) is 24.3 Å². The fourth-order valence-electron chi connectivity index (χ4n) is 3.55. The molecule has 0 aliphatic heterocycles. The first-order valence-corrected chi connectivity index (χ1v) is 8.49. The van der Waals surface area contributed by atoms with E-state index in [0.29, 0.717) is 24.0 Å². The summed E-state index contributed by atoms with van der Waals surface area (Å²) in [6, 6.07) is 0.228. The molecule has 2 unspecified atom stereocenters. The van der Waals surface area contributed by atoms with Gasteiger partial charge in [0.1, 0.15) is 5.41 Å². The van der Waals surface area contributed by atoms with Gasteiger partial charge in [0.15, 0.2) is 5.84 Å². The standard InChI is InChI=1S/C14H25N3O2S/c1-3-20-11-6-4-5-10(11)16-13(18)14(12(15)17-19)7-9(2)8-14/h9-11,19H,3-8H2,1-2H3,(H2,15,17)(H,16,18). The number of amides is 1. The molecule has 20 heavy (non-hydrogen) atoms. The predicted octanol–water partition coefficient (Wildman–Crippen LogP) is 1.94. The predicted molar refractivity (Wildman–Crippen MR) is 81.9 cm³/mol. The largest absolute Gasteiger partial charge is 0.409 e. The van der Waals surface area contributed by atoms with Crippen LogP contribution >= 0.6 is 11.8 Å². The lowest BCUT2D eigenvalue weighted by Gasteiger charge is -2.44. The Morgan fingerprint density at radius 1 is 1.50 bits per heavy atom. The minimum absolute atomic E-state index is 0.0560. The Morgan fingerprint density at radius 2 is 2.20 bits per heavy atom. The molecule has 4 N–H and O–H groups in total. The van der Waals surface area contributed by atoms with Crippen LogP contribution in [0.2, 0.25) is 0 Å². The zero-order valence-electron chi connectivity index (χ0n) is 12.3. The lowest BCUT2D eigenvalue weighted by atomic mass is 9.61. The van der Waals surface area contributed by atoms with Gasteiger partial charge < -0.3 is 16.3 Å². The molecule has 2 fully saturated rings. The van der Waals surface area contributed by atoms with Crippen LogP contribution in [0.25, 0.3) is 0 Å². The van der Waals surface area contributed by atoms with Gasteiger partial charge in [-0.3, -0.25) is 4.79 Å². The topological polar surface area (TPSA) is 87.7 Å². The summed E-state index contributed by atoms with van der Waals surface area (Å²) in [6.45, 7) is 4.23. The third kappa shape index (κ3) is 2.75. The van der Waals surface area contributed by atoms with Crippen molar-refractivity contribution in [2.45, 2.75) is 57.2 Å². The van der Waals surface area contributed by atoms with Crippen molar-refractivity contribution in [1.82, 2.24) is 5.32 Å². The number of hydrogen-bond donors (Lipinski definition) is 3. The number of carbonyl (C=O) groups is 1. The van der Waals surface area contributed by atoms with E-state index < -0.39 is 5.41 Å². The first-order valence-electron chi connectivity index (χ1n) is 7.44. The maximum atomic E-state index is 12.6. The van der Waals surface area contributed by atoms with Crippen molar-refractivity contribution < 1.29 is 10.0 Å². The van der Waals surface area contributed by atoms with Crippen LogP contribution in [0, 0.1) is 11.3 Å². The summed E-state index contributed by atoms with van der Waals surface area (Å²) in [6.07, 6.45) is 4.71. The van der Waals surface area contributed by atoms with E-state index in [1.807, 2.05) is 11.8 Å². The van der Waals surface area contributed by atoms with Crippen LogP contribution in [-0.2, 0) is 4.79 Å². The highest BCUT2D eigenvalue weighted by atomic mass is 32.2. The van der Waals surface area contributed by atoms with Crippen LogP contribution in [-0.4, -0.2) is 34.0 Å². The van der Waals surface area contributed by atoms with Crippen LogP contribution in [0.1, 0.15) is 46.0 Å². The van der Waals surface area contributed by atoms with E-state index in [1.165, 1.54) is 0 Å². The van der Waals surface area contributed by atoms with Crippen molar-refractivity contribution >= 4 is 23.5 Å². The normalized spacial score (nSPS) is 37.5. The third-order valence-corrected chi connectivity index (χ3v) is 5.90. The van der Waals surface area contributed by atoms with Crippen molar-refractivity contribution in [1.29, 1.82) is 0 Å². The molecular weight excluding hydrogens is 274 g/mol. The van der Waals surface area contributed by atoms with E-state index >= 15 is 0 Å². The first-order chi connectivity index (χ1) is 9.53. The molecule has 2 aliphatic carbocycles. The van der Waals surface area contributed by atoms with Gasteiger partial charge in [0, 0.05) is 11.3 Å². The monoisotopic (exact) mass is 299 g/mol. The molecule has 2 aliphatic rings. The number of hydrogen-bond acceptors (Lipinski definition) is 4. The summed E-state index contributed by atoms with van der Waals surface area (Å²) in [5.74, 6) is 1.52. The third-order valence-electron chi connectivity index (χ3n) is 4.58. The molecule has 2 atom stereocenters. The second-order valence-electron chi connectivity index (χ2n) is 6.09. The highest BCUT2D eigenvalue weighted by Gasteiger charge is 2.52. The molecule has 0 bridgehead atoms. The van der Waals surface area contributed by atoms with Gasteiger partial charge in [0.25, 0.3) is 0 Å². The lowest BCUT2D eigenvalue weighted by Crippen LogP contribution is -2.58. The van der Waals surface area contributed by atoms with Gasteiger partial charge in [-0.05, 0) is 37.4 Å². The molecule has 2 rings (SSSR count). The van der Waals surface area contributed by atoms with Crippen LogP contribution in [0.4, 0.5) is 0 Å². The molecule has 0 heterocycles. The minimum atomic E-state index is -0.780. The Bertz CT molecular complexity index is 394. The molecule has 2 saturated carbocycles. The first kappa shape index (κ1) is 15.5. The summed E-state index contributed by atoms with van der Waals surface area (Å²) in [7, 11) is 0. The molecule has 0 aromatic carbocycles. The molecule has 0 radical (unpaired) electrons. The number of amidine groups is 1. The Hall–Kier alpha value is -0.910. The van der Waals surface area contributed by atoms with Gasteiger partial charge >= 0.3 is 0 Å². The summed E-state index contributed by atoms with van der Waals surface area (Å²) >= 11 is 1.91. The Balaban J connectivity index is 2.03. The summed E-state index contributed by atoms with van der Waals surface area (Å²) in [5, 5.41) is 15.7. The number of thioether (sulfide) groups is 1. The van der Waals surface area contributed by atoms with Gasteiger partial charge in [-0.2, -0.15) is 11.8 Å². The summed E-state index contributed by atoms with van der Waals surface area (Å²) in [4.78, 5) is 12.6. The Labute approximate surface area is 124 Å². The number of oxime groups is 1. The molecule has 0 aromatic heterocycles. The number of nitrogens with one attached hydrogen (secondary N) is 1. The van der Waals surface area contributed by atoms with E-state index in [-0.39, 0.29) is 17.8 Å². The maximum Gasteiger partial charge on any atom is 0.234 e. The summed E-state index contributed by atoms with van der Waals surface area (Å²) < 4.78 is 0. The number of nitrogens with two attached hydrogens (primary N) is 1. The maximum absolute atomic E-state index is 12.6. The smallest absolute Gasteiger partial charge is 0.234 e. The van der Waals surface area contributed by atoms with E-state index in [1.54, 1.807) is 0 Å². The molecule has 6 heteroatoms. The van der Waals surface area contributed by atoms with Gasteiger partial charge in [-0.1, -0.05) is 25.4 Å². The van der Waals surface area contributed by atoms with E-state index in [4.69, 9.17) is 10.9 Å². The van der Waals surface area contributed by atoms with Crippen molar-refractivity contribution in [2.75, 3.05) is 5.75 Å². The van der Waals surface area contributed by atoms with Crippen LogP contribution in [0.15, 0.2) is 5.16 Å². The lowest BCUT2D eigenvalue weighted by molar-refractivity contribution is -0.133. The highest BCUT2D eigenvalue weighted by molar-refractivity contribution is 7.99. The minimum Gasteiger partial charge on any atom is -0.409 e. The second-order valence-corrected chi connectivity index (χ2v) is 7.60. The zero-order valence-corrected chi connectivity index (χ0v) is 13.1. The average molecular weight is 299 g/mol. The van der Waals surface area contributed by atoms with Crippen molar-refractivity contribution in [2.24, 2.45) is 22.2 Å². The average Bonchev–Trinajstić information content (AvgIpc) is 2.81. The molecule has 0 aromatic rings. The van der Waals surface area contributed by atoms with Crippen LogP contribution in [0.3, 0.4) is 0 Å².